The lowest BCUT2D eigenvalue weighted by Gasteiger charge is -2.30. The van der Waals surface area contributed by atoms with Crippen molar-refractivity contribution in [1.82, 2.24) is 9.55 Å². The summed E-state index contributed by atoms with van der Waals surface area (Å²) in [5.41, 5.74) is 5.01. The van der Waals surface area contributed by atoms with Gasteiger partial charge in [0.05, 0.1) is 17.1 Å². The number of nitrogens with one attached hydrogen (secondary N) is 1. The first-order valence-corrected chi connectivity index (χ1v) is 9.81. The van der Waals surface area contributed by atoms with Crippen LogP contribution in [0.5, 0.6) is 0 Å². The molecule has 1 aliphatic rings. The first kappa shape index (κ1) is 17.7. The molecule has 1 atom stereocenters. The summed E-state index contributed by atoms with van der Waals surface area (Å²) in [4.78, 5) is 18.3. The number of hydrogen-bond acceptors (Lipinski definition) is 3. The van der Waals surface area contributed by atoms with Crippen LogP contribution >= 0.6 is 11.6 Å². The highest BCUT2D eigenvalue weighted by Crippen LogP contribution is 2.40. The summed E-state index contributed by atoms with van der Waals surface area (Å²) in [5, 5.41) is 4.01. The van der Waals surface area contributed by atoms with Crippen LogP contribution in [0.2, 0.25) is 5.02 Å². The van der Waals surface area contributed by atoms with Crippen LogP contribution in [0.4, 0.5) is 5.95 Å². The first-order chi connectivity index (χ1) is 14.1. The zero-order valence-electron chi connectivity index (χ0n) is 15.8. The van der Waals surface area contributed by atoms with Gasteiger partial charge in [0.15, 0.2) is 5.78 Å². The minimum atomic E-state index is -0.302. The Balaban J connectivity index is 1.76. The summed E-state index contributed by atoms with van der Waals surface area (Å²) in [7, 11) is 0. The van der Waals surface area contributed by atoms with Crippen molar-refractivity contribution in [2.24, 2.45) is 0 Å². The van der Waals surface area contributed by atoms with Crippen LogP contribution < -0.4 is 5.32 Å². The van der Waals surface area contributed by atoms with Crippen LogP contribution in [-0.2, 0) is 0 Å². The maximum Gasteiger partial charge on any atom is 0.209 e. The highest BCUT2D eigenvalue weighted by Gasteiger charge is 2.34. The van der Waals surface area contributed by atoms with E-state index in [0.717, 1.165) is 28.2 Å². The van der Waals surface area contributed by atoms with Gasteiger partial charge in [-0.15, -0.1) is 0 Å². The third-order valence-electron chi connectivity index (χ3n) is 5.30. The molecule has 4 nitrogen and oxygen atoms in total. The number of rotatable bonds is 3. The molecule has 0 aliphatic carbocycles. The van der Waals surface area contributed by atoms with E-state index in [1.807, 2.05) is 85.8 Å². The second-order valence-corrected chi connectivity index (χ2v) is 7.54. The lowest BCUT2D eigenvalue weighted by molar-refractivity contribution is 0.102. The molecule has 1 N–H and O–H groups in total. The highest BCUT2D eigenvalue weighted by molar-refractivity contribution is 6.30. The fraction of sp³-hybridized carbons (Fsp3) is 0.0833. The Morgan fingerprint density at radius 2 is 1.66 bits per heavy atom. The van der Waals surface area contributed by atoms with E-state index in [1.165, 1.54) is 0 Å². The number of allylic oxidation sites excluding steroid dienone is 2. The lowest BCUT2D eigenvalue weighted by atomic mass is 9.89. The minimum Gasteiger partial charge on any atom is -0.329 e. The Morgan fingerprint density at radius 1 is 0.966 bits per heavy atom. The van der Waals surface area contributed by atoms with E-state index in [4.69, 9.17) is 16.6 Å². The summed E-state index contributed by atoms with van der Waals surface area (Å²) in [5.74, 6) is 0.729. The zero-order chi connectivity index (χ0) is 20.0. The number of halogens is 1. The van der Waals surface area contributed by atoms with Gasteiger partial charge in [0.2, 0.25) is 5.95 Å². The molecular weight excluding hydrogens is 382 g/mol. The van der Waals surface area contributed by atoms with Gasteiger partial charge in [-0.05, 0) is 36.8 Å². The molecule has 0 saturated heterocycles. The third-order valence-corrected chi connectivity index (χ3v) is 5.55. The summed E-state index contributed by atoms with van der Waals surface area (Å²) >= 11 is 6.14. The molecule has 5 heteroatoms. The average Bonchev–Trinajstić information content (AvgIpc) is 3.11. The molecule has 0 bridgehead atoms. The number of imidazole rings is 1. The molecule has 0 radical (unpaired) electrons. The van der Waals surface area contributed by atoms with Crippen LogP contribution in [-0.4, -0.2) is 15.3 Å². The summed E-state index contributed by atoms with van der Waals surface area (Å²) in [6, 6.07) is 24.7. The maximum absolute atomic E-state index is 13.6. The van der Waals surface area contributed by atoms with Crippen molar-refractivity contribution in [2.45, 2.75) is 13.0 Å². The van der Waals surface area contributed by atoms with Gasteiger partial charge in [0.1, 0.15) is 0 Å². The molecule has 0 unspecified atom stereocenters. The number of hydrogen-bond donors (Lipinski definition) is 1. The normalized spacial score (nSPS) is 15.9. The second-order valence-electron chi connectivity index (χ2n) is 7.11. The Bertz CT molecular complexity index is 1260. The number of ketones is 1. The van der Waals surface area contributed by atoms with Gasteiger partial charge in [-0.1, -0.05) is 66.2 Å². The lowest BCUT2D eigenvalue weighted by Crippen LogP contribution is -2.28. The van der Waals surface area contributed by atoms with Gasteiger partial charge in [0.25, 0.3) is 0 Å². The standard InChI is InChI=1S/C24H18ClN3O/c1-15-21(23(29)17-7-3-2-4-8-17)22(16-11-13-18(25)14-12-16)28-20-10-6-5-9-19(20)27-24(28)26-15/h2-14,22H,1H3,(H,26,27)/t22-/m1/s1. The van der Waals surface area contributed by atoms with Crippen molar-refractivity contribution in [3.8, 4) is 0 Å². The van der Waals surface area contributed by atoms with Gasteiger partial charge in [-0.25, -0.2) is 4.98 Å². The van der Waals surface area contributed by atoms with Crippen LogP contribution in [0.25, 0.3) is 11.0 Å². The SMILES string of the molecule is CC1=C(C(=O)c2ccccc2)[C@@H](c2ccc(Cl)cc2)n2c(nc3ccccc32)N1. The minimum absolute atomic E-state index is 0.000943. The Morgan fingerprint density at radius 3 is 2.41 bits per heavy atom. The van der Waals surface area contributed by atoms with Crippen LogP contribution in [0.1, 0.15) is 28.9 Å². The molecule has 5 rings (SSSR count). The number of carbonyl (C=O) groups is 1. The van der Waals surface area contributed by atoms with Crippen molar-refractivity contribution in [1.29, 1.82) is 0 Å². The summed E-state index contributed by atoms with van der Waals surface area (Å²) in [6.07, 6.45) is 0. The predicted molar refractivity (Wildman–Crippen MR) is 116 cm³/mol. The van der Waals surface area contributed by atoms with Crippen molar-refractivity contribution in [3.05, 3.63) is 106 Å². The van der Waals surface area contributed by atoms with Crippen LogP contribution in [0.15, 0.2) is 90.1 Å². The number of carbonyl (C=O) groups excluding carboxylic acids is 1. The summed E-state index contributed by atoms with van der Waals surface area (Å²) in [6.45, 7) is 1.93. The molecule has 1 aromatic heterocycles. The number of aromatic nitrogens is 2. The number of fused-ring (bicyclic) bond motifs is 3. The van der Waals surface area contributed by atoms with Gasteiger partial charge >= 0.3 is 0 Å². The number of anilines is 1. The largest absolute Gasteiger partial charge is 0.329 e. The van der Waals surface area contributed by atoms with E-state index in [2.05, 4.69) is 9.88 Å². The van der Waals surface area contributed by atoms with E-state index < -0.39 is 0 Å². The molecule has 29 heavy (non-hydrogen) atoms. The van der Waals surface area contributed by atoms with Crippen molar-refractivity contribution < 1.29 is 4.79 Å². The van der Waals surface area contributed by atoms with Gasteiger partial charge in [0, 0.05) is 21.9 Å². The van der Waals surface area contributed by atoms with Crippen LogP contribution in [0, 0.1) is 0 Å². The molecule has 3 aromatic carbocycles. The van der Waals surface area contributed by atoms with Crippen molar-refractivity contribution in [3.63, 3.8) is 0 Å². The molecular formula is C24H18ClN3O. The zero-order valence-corrected chi connectivity index (χ0v) is 16.5. The Labute approximate surface area is 173 Å². The molecule has 142 valence electrons. The van der Waals surface area contributed by atoms with Gasteiger partial charge in [-0.3, -0.25) is 9.36 Å². The fourth-order valence-corrected chi connectivity index (χ4v) is 4.09. The second kappa shape index (κ2) is 6.90. The fourth-order valence-electron chi connectivity index (χ4n) is 3.96. The quantitative estimate of drug-likeness (QED) is 0.439. The van der Waals surface area contributed by atoms with Gasteiger partial charge < -0.3 is 5.32 Å². The topological polar surface area (TPSA) is 46.9 Å². The number of benzene rings is 3. The number of para-hydroxylation sites is 2. The van der Waals surface area contributed by atoms with Gasteiger partial charge in [-0.2, -0.15) is 0 Å². The maximum atomic E-state index is 13.6. The smallest absolute Gasteiger partial charge is 0.209 e. The monoisotopic (exact) mass is 399 g/mol. The van der Waals surface area contributed by atoms with E-state index in [9.17, 15) is 4.79 Å². The molecule has 0 saturated carbocycles. The summed E-state index contributed by atoms with van der Waals surface area (Å²) < 4.78 is 2.10. The molecule has 1 aliphatic heterocycles. The van der Waals surface area contributed by atoms with E-state index >= 15 is 0 Å². The number of Topliss-reactive ketones (excluding diaryl/α,β-unsaturated/α-hetero) is 1. The molecule has 2 heterocycles. The average molecular weight is 400 g/mol. The first-order valence-electron chi connectivity index (χ1n) is 9.43. The van der Waals surface area contributed by atoms with Crippen molar-refractivity contribution >= 4 is 34.4 Å². The highest BCUT2D eigenvalue weighted by atomic mass is 35.5. The molecule has 4 aromatic rings. The molecule has 0 spiro atoms. The Hall–Kier alpha value is -3.37. The van der Waals surface area contributed by atoms with Crippen LogP contribution in [0.3, 0.4) is 0 Å². The predicted octanol–water partition coefficient (Wildman–Crippen LogP) is 5.86. The van der Waals surface area contributed by atoms with E-state index in [-0.39, 0.29) is 11.8 Å². The van der Waals surface area contributed by atoms with E-state index in [0.29, 0.717) is 16.2 Å². The Kier molecular flexibility index (Phi) is 4.22. The third kappa shape index (κ3) is 2.93. The van der Waals surface area contributed by atoms with Crippen molar-refractivity contribution in [2.75, 3.05) is 5.32 Å². The van der Waals surface area contributed by atoms with E-state index in [1.54, 1.807) is 0 Å². The molecule has 0 fully saturated rings. The molecule has 0 amide bonds. The number of nitrogens with zero attached hydrogens (tertiary/aromatic N) is 2.